The number of hydrogen-bond acceptors (Lipinski definition) is 6. The lowest BCUT2D eigenvalue weighted by Gasteiger charge is -2.24. The maximum atomic E-state index is 14.5. The number of halogens is 1. The molecule has 0 saturated heterocycles. The topological polar surface area (TPSA) is 153 Å². The number of aromatic amines is 1. The summed E-state index contributed by atoms with van der Waals surface area (Å²) in [6.07, 6.45) is 5.81. The third-order valence-corrected chi connectivity index (χ3v) is 7.09. The lowest BCUT2D eigenvalue weighted by molar-refractivity contribution is -0.123. The first kappa shape index (κ1) is 34.0. The molecule has 0 bridgehead atoms. The van der Waals surface area contributed by atoms with Crippen LogP contribution in [-0.2, 0) is 22.6 Å². The molecule has 0 aliphatic rings. The van der Waals surface area contributed by atoms with Crippen LogP contribution in [0.1, 0.15) is 37.9 Å². The van der Waals surface area contributed by atoms with Crippen molar-refractivity contribution in [3.63, 3.8) is 0 Å². The fourth-order valence-electron chi connectivity index (χ4n) is 4.73. The van der Waals surface area contributed by atoms with Crippen molar-refractivity contribution >= 4 is 34.6 Å². The van der Waals surface area contributed by atoms with Crippen molar-refractivity contribution in [2.45, 2.75) is 39.7 Å². The fraction of sp³-hybridized carbons (Fsp3) is 0.452. The van der Waals surface area contributed by atoms with E-state index in [1.807, 2.05) is 13.8 Å². The van der Waals surface area contributed by atoms with Crippen LogP contribution in [0, 0.1) is 17.7 Å². The van der Waals surface area contributed by atoms with Gasteiger partial charge in [0.25, 0.3) is 5.56 Å². The molecule has 0 spiro atoms. The average Bonchev–Trinajstić information content (AvgIpc) is 3.38. The smallest absolute Gasteiger partial charge is 0.407 e. The number of pyridine rings is 2. The molecule has 44 heavy (non-hydrogen) atoms. The second kappa shape index (κ2) is 15.8. The Morgan fingerprint density at radius 1 is 1.25 bits per heavy atom. The van der Waals surface area contributed by atoms with Crippen molar-refractivity contribution in [1.29, 1.82) is 0 Å². The molecule has 0 aliphatic heterocycles. The molecule has 0 unspecified atom stereocenters. The van der Waals surface area contributed by atoms with Crippen LogP contribution in [0.4, 0.5) is 14.9 Å². The highest BCUT2D eigenvalue weighted by Gasteiger charge is 2.25. The number of aromatic nitrogens is 3. The third kappa shape index (κ3) is 9.24. The van der Waals surface area contributed by atoms with Gasteiger partial charge in [0, 0.05) is 51.2 Å². The molecule has 0 saturated carbocycles. The van der Waals surface area contributed by atoms with Gasteiger partial charge in [-0.3, -0.25) is 19.4 Å². The summed E-state index contributed by atoms with van der Waals surface area (Å²) in [5, 5.41) is 15.3. The Kier molecular flexibility index (Phi) is 12.2. The highest BCUT2D eigenvalue weighted by atomic mass is 19.1. The zero-order chi connectivity index (χ0) is 32.4. The number of carbonyl (C=O) groups excluding carboxylic acids is 2. The van der Waals surface area contributed by atoms with Gasteiger partial charge in [-0.15, -0.1) is 0 Å². The number of H-pyrrole nitrogens is 1. The highest BCUT2D eigenvalue weighted by Crippen LogP contribution is 2.23. The molecule has 0 aliphatic carbocycles. The van der Waals surface area contributed by atoms with Crippen LogP contribution >= 0.6 is 0 Å². The Morgan fingerprint density at radius 2 is 2.00 bits per heavy atom. The standard InChI is InChI=1S/C31H42FN7O5/c1-20(2)15-23-24(32)17-34-26-16-22(35-28(23)26)19-38-13-8-10-25(30(38)42)36-29(41)21(9-6-7-11-27(40)37(4)5)18-39(31(43)44)14-12-33-3/h7-8,10-11,13,16-17,20-21,33,35H,6,9,12,14-15,18-19H2,1-5H3,(H,36,41)(H,43,44)/b11-7+/t21-/m0/s1. The van der Waals surface area contributed by atoms with E-state index in [1.165, 1.54) is 27.8 Å². The summed E-state index contributed by atoms with van der Waals surface area (Å²) in [4.78, 5) is 60.5. The lowest BCUT2D eigenvalue weighted by Crippen LogP contribution is -2.42. The zero-order valence-electron chi connectivity index (χ0n) is 25.9. The van der Waals surface area contributed by atoms with E-state index < -0.39 is 23.5 Å². The number of anilines is 1. The SMILES string of the molecule is CNCCN(C[C@H](CC/C=C/C(=O)N(C)C)C(=O)Nc1cccn(Cc2cc3ncc(F)c(CC(C)C)c3[nH]2)c1=O)C(=O)O. The average molecular weight is 612 g/mol. The number of carboxylic acid groups (broad SMARTS) is 1. The summed E-state index contributed by atoms with van der Waals surface area (Å²) in [5.74, 6) is -1.65. The molecule has 3 amide bonds. The largest absolute Gasteiger partial charge is 0.465 e. The molecule has 3 heterocycles. The molecule has 3 aromatic rings. The number of hydrogen-bond donors (Lipinski definition) is 4. The monoisotopic (exact) mass is 611 g/mol. The highest BCUT2D eigenvalue weighted by molar-refractivity contribution is 5.92. The van der Waals surface area contributed by atoms with Crippen LogP contribution < -0.4 is 16.2 Å². The van der Waals surface area contributed by atoms with Crippen LogP contribution in [0.2, 0.25) is 0 Å². The molecule has 1 atom stereocenters. The number of carbonyl (C=O) groups is 3. The first-order valence-corrected chi connectivity index (χ1v) is 14.6. The second-order valence-electron chi connectivity index (χ2n) is 11.3. The molecule has 3 rings (SSSR count). The molecular formula is C31H42FN7O5. The molecule has 13 heteroatoms. The van der Waals surface area contributed by atoms with Gasteiger partial charge in [-0.2, -0.15) is 0 Å². The van der Waals surface area contributed by atoms with Crippen LogP contribution in [0.3, 0.4) is 0 Å². The summed E-state index contributed by atoms with van der Waals surface area (Å²) >= 11 is 0. The van der Waals surface area contributed by atoms with Gasteiger partial charge in [0.05, 0.1) is 29.7 Å². The first-order valence-electron chi connectivity index (χ1n) is 14.6. The van der Waals surface area contributed by atoms with Crippen LogP contribution in [0.5, 0.6) is 0 Å². The van der Waals surface area contributed by atoms with Crippen molar-refractivity contribution in [1.82, 2.24) is 29.7 Å². The van der Waals surface area contributed by atoms with Gasteiger partial charge >= 0.3 is 6.09 Å². The minimum Gasteiger partial charge on any atom is -0.465 e. The molecule has 4 N–H and O–H groups in total. The van der Waals surface area contributed by atoms with Gasteiger partial charge in [-0.1, -0.05) is 19.9 Å². The minimum atomic E-state index is -1.16. The van der Waals surface area contributed by atoms with Crippen molar-refractivity contribution in [2.75, 3.05) is 46.1 Å². The van der Waals surface area contributed by atoms with E-state index in [4.69, 9.17) is 0 Å². The molecule has 12 nitrogen and oxygen atoms in total. The molecule has 0 fully saturated rings. The predicted octanol–water partition coefficient (Wildman–Crippen LogP) is 3.29. The zero-order valence-corrected chi connectivity index (χ0v) is 25.9. The predicted molar refractivity (Wildman–Crippen MR) is 167 cm³/mol. The number of nitrogens with zero attached hydrogens (tertiary/aromatic N) is 4. The molecule has 3 aromatic heterocycles. The van der Waals surface area contributed by atoms with Crippen molar-refractivity contribution < 1.29 is 23.9 Å². The van der Waals surface area contributed by atoms with Crippen molar-refractivity contribution in [2.24, 2.45) is 11.8 Å². The van der Waals surface area contributed by atoms with E-state index >= 15 is 0 Å². The molecule has 0 aromatic carbocycles. The molecule has 0 radical (unpaired) electrons. The fourth-order valence-corrected chi connectivity index (χ4v) is 4.73. The van der Waals surface area contributed by atoms with E-state index in [0.29, 0.717) is 41.7 Å². The number of amides is 3. The normalized spacial score (nSPS) is 12.2. The summed E-state index contributed by atoms with van der Waals surface area (Å²) < 4.78 is 15.9. The molecule has 238 valence electrons. The van der Waals surface area contributed by atoms with E-state index in [-0.39, 0.29) is 49.4 Å². The van der Waals surface area contributed by atoms with Crippen molar-refractivity contribution in [3.05, 3.63) is 70.2 Å². The van der Waals surface area contributed by atoms with E-state index in [2.05, 4.69) is 20.6 Å². The second-order valence-corrected chi connectivity index (χ2v) is 11.3. The number of rotatable bonds is 15. The Bertz CT molecular complexity index is 1550. The Labute approximate surface area is 255 Å². The van der Waals surface area contributed by atoms with Crippen LogP contribution in [0.25, 0.3) is 11.0 Å². The number of nitrogens with one attached hydrogen (secondary N) is 3. The van der Waals surface area contributed by atoms with Gasteiger partial charge in [0.1, 0.15) is 11.5 Å². The number of likely N-dealkylation sites (N-methyl/N-ethyl adjacent to an activating group) is 2. The van der Waals surface area contributed by atoms with Crippen LogP contribution in [0.15, 0.2) is 47.5 Å². The van der Waals surface area contributed by atoms with Gasteiger partial charge < -0.3 is 35.1 Å². The van der Waals surface area contributed by atoms with Gasteiger partial charge in [-0.05, 0) is 56.5 Å². The van der Waals surface area contributed by atoms with Crippen LogP contribution in [-0.4, -0.2) is 88.1 Å². The summed E-state index contributed by atoms with van der Waals surface area (Å²) in [5.41, 5.74) is 1.96. The van der Waals surface area contributed by atoms with Gasteiger partial charge in [-0.25, -0.2) is 9.18 Å². The lowest BCUT2D eigenvalue weighted by atomic mass is 10.0. The third-order valence-electron chi connectivity index (χ3n) is 7.09. The number of allylic oxidation sites excluding steroid dienone is 1. The first-order chi connectivity index (χ1) is 20.9. The number of fused-ring (bicyclic) bond motifs is 1. The quantitative estimate of drug-likeness (QED) is 0.193. The summed E-state index contributed by atoms with van der Waals surface area (Å²) in [6.45, 7) is 4.62. The Morgan fingerprint density at radius 3 is 2.66 bits per heavy atom. The van der Waals surface area contributed by atoms with E-state index in [1.54, 1.807) is 45.5 Å². The summed E-state index contributed by atoms with van der Waals surface area (Å²) in [6, 6.07) is 4.89. The van der Waals surface area contributed by atoms with Gasteiger partial charge in [0.2, 0.25) is 11.8 Å². The molecular weight excluding hydrogens is 569 g/mol. The Balaban J connectivity index is 1.82. The Hall–Kier alpha value is -4.52. The van der Waals surface area contributed by atoms with Gasteiger partial charge in [0.15, 0.2) is 0 Å². The van der Waals surface area contributed by atoms with E-state index in [9.17, 15) is 28.7 Å². The summed E-state index contributed by atoms with van der Waals surface area (Å²) in [7, 11) is 4.95. The maximum absolute atomic E-state index is 14.5. The maximum Gasteiger partial charge on any atom is 0.407 e. The van der Waals surface area contributed by atoms with Crippen molar-refractivity contribution in [3.8, 4) is 0 Å². The van der Waals surface area contributed by atoms with E-state index in [0.717, 1.165) is 4.90 Å². The minimum absolute atomic E-state index is 0.0405.